The molecule has 1 aromatic heterocycles. The van der Waals surface area contributed by atoms with E-state index < -0.39 is 15.7 Å². The Morgan fingerprint density at radius 1 is 1.15 bits per heavy atom. The molecular weight excluding hydrogens is 454 g/mol. The van der Waals surface area contributed by atoms with Crippen LogP contribution in [0.25, 0.3) is 11.3 Å². The van der Waals surface area contributed by atoms with Crippen LogP contribution in [0, 0.1) is 6.92 Å². The number of hydrogen-bond donors (Lipinski definition) is 3. The van der Waals surface area contributed by atoms with Crippen LogP contribution in [-0.2, 0) is 10.2 Å². The molecule has 2 aromatic carbocycles. The van der Waals surface area contributed by atoms with Gasteiger partial charge in [0.2, 0.25) is 0 Å². The summed E-state index contributed by atoms with van der Waals surface area (Å²) in [7, 11) is -3.88. The van der Waals surface area contributed by atoms with Crippen LogP contribution in [0.2, 0.25) is 0 Å². The van der Waals surface area contributed by atoms with Crippen molar-refractivity contribution in [3.8, 4) is 17.0 Å². The molecule has 0 radical (unpaired) electrons. The molecule has 4 rings (SSSR count). The first-order valence-electron chi connectivity index (χ1n) is 10.5. The summed E-state index contributed by atoms with van der Waals surface area (Å²) in [6, 6.07) is 16.2. The quantitative estimate of drug-likeness (QED) is 0.497. The van der Waals surface area contributed by atoms with Gasteiger partial charge in [0.05, 0.1) is 22.5 Å². The highest BCUT2D eigenvalue weighted by Gasteiger charge is 2.27. The smallest absolute Gasteiger partial charge is 0.344 e. The number of hydrogen-bond acceptors (Lipinski definition) is 6. The molecule has 0 atom stereocenters. The molecule has 1 aliphatic rings. The van der Waals surface area contributed by atoms with Gasteiger partial charge in [-0.15, -0.1) is 4.40 Å². The number of amidine groups is 1. The number of anilines is 1. The normalized spacial score (nSPS) is 14.4. The number of ether oxygens (including phenoxy) is 1. The van der Waals surface area contributed by atoms with Crippen molar-refractivity contribution >= 4 is 27.6 Å². The van der Waals surface area contributed by atoms with E-state index in [0.717, 1.165) is 11.1 Å². The van der Waals surface area contributed by atoms with E-state index in [1.165, 1.54) is 0 Å². The van der Waals surface area contributed by atoms with Crippen LogP contribution in [-0.4, -0.2) is 37.3 Å². The molecule has 0 saturated heterocycles. The molecule has 1 aliphatic heterocycles. The number of nitrogens with two attached hydrogens (primary N) is 1. The van der Waals surface area contributed by atoms with Crippen LogP contribution in [0.5, 0.6) is 5.75 Å². The fourth-order valence-corrected chi connectivity index (χ4v) is 4.31. The Hall–Kier alpha value is -3.92. The van der Waals surface area contributed by atoms with E-state index in [9.17, 15) is 13.2 Å². The number of aromatic nitrogens is 1. The van der Waals surface area contributed by atoms with E-state index in [1.54, 1.807) is 36.5 Å². The maximum atomic E-state index is 13.0. The number of amides is 1. The summed E-state index contributed by atoms with van der Waals surface area (Å²) >= 11 is 0. The molecule has 3 aromatic rings. The zero-order valence-electron chi connectivity index (χ0n) is 19.0. The highest BCUT2D eigenvalue weighted by molar-refractivity contribution is 7.91. The summed E-state index contributed by atoms with van der Waals surface area (Å²) in [5.41, 5.74) is 8.99. The molecule has 2 heterocycles. The lowest BCUT2D eigenvalue weighted by molar-refractivity contribution is 0.0880. The van der Waals surface area contributed by atoms with Crippen LogP contribution in [0.1, 0.15) is 35.3 Å². The third kappa shape index (κ3) is 5.18. The summed E-state index contributed by atoms with van der Waals surface area (Å²) in [6.07, 6.45) is 1.60. The Balaban J connectivity index is 1.47. The number of fused-ring (bicyclic) bond motifs is 1. The lowest BCUT2D eigenvalue weighted by Gasteiger charge is -2.27. The molecule has 9 nitrogen and oxygen atoms in total. The van der Waals surface area contributed by atoms with Gasteiger partial charge >= 0.3 is 10.2 Å². The number of aryl methyl sites for hydroxylation is 1. The Morgan fingerprint density at radius 2 is 1.88 bits per heavy atom. The maximum absolute atomic E-state index is 13.0. The molecule has 0 fully saturated rings. The molecule has 0 spiro atoms. The van der Waals surface area contributed by atoms with Gasteiger partial charge in [0, 0.05) is 17.3 Å². The molecule has 176 valence electrons. The van der Waals surface area contributed by atoms with Gasteiger partial charge < -0.3 is 15.8 Å². The highest BCUT2D eigenvalue weighted by Crippen LogP contribution is 2.31. The van der Waals surface area contributed by atoms with E-state index in [-0.39, 0.29) is 24.0 Å². The monoisotopic (exact) mass is 479 g/mol. The number of carbonyl (C=O) groups excluding carboxylic acids is 1. The summed E-state index contributed by atoms with van der Waals surface area (Å²) < 4.78 is 35.3. The number of nitrogens with one attached hydrogen (secondary N) is 2. The maximum Gasteiger partial charge on any atom is 0.344 e. The van der Waals surface area contributed by atoms with Gasteiger partial charge in [-0.1, -0.05) is 35.9 Å². The Labute approximate surface area is 198 Å². The Kier molecular flexibility index (Phi) is 6.01. The Bertz CT molecular complexity index is 1380. The number of pyridine rings is 1. The molecule has 10 heteroatoms. The van der Waals surface area contributed by atoms with E-state index in [2.05, 4.69) is 19.4 Å². The van der Waals surface area contributed by atoms with E-state index in [4.69, 9.17) is 10.5 Å². The second-order valence-corrected chi connectivity index (χ2v) is 9.99. The predicted molar refractivity (Wildman–Crippen MR) is 131 cm³/mol. The molecule has 0 unspecified atom stereocenters. The lowest BCUT2D eigenvalue weighted by atomic mass is 10.0. The molecule has 1 amide bonds. The zero-order valence-corrected chi connectivity index (χ0v) is 19.8. The minimum atomic E-state index is -3.88. The van der Waals surface area contributed by atoms with Gasteiger partial charge in [-0.25, -0.2) is 0 Å². The highest BCUT2D eigenvalue weighted by atomic mass is 32.2. The molecule has 4 N–H and O–H groups in total. The van der Waals surface area contributed by atoms with Crippen molar-refractivity contribution in [2.24, 2.45) is 10.1 Å². The number of carbonyl (C=O) groups is 1. The number of nitrogens with zero attached hydrogens (tertiary/aromatic N) is 2. The van der Waals surface area contributed by atoms with Crippen molar-refractivity contribution in [3.05, 3.63) is 77.5 Å². The molecule has 0 aliphatic carbocycles. The SMILES string of the molecule is Cc1ccc(-c2cc(C(=O)NC(C)(C)COc3cccc4c3C(N)=NS(=O)(=O)N4)ccn2)cc1. The van der Waals surface area contributed by atoms with Crippen molar-refractivity contribution in [1.82, 2.24) is 10.3 Å². The summed E-state index contributed by atoms with van der Waals surface area (Å²) in [6.45, 7) is 5.76. The van der Waals surface area contributed by atoms with Gasteiger partial charge in [0.15, 0.2) is 5.84 Å². The second-order valence-electron chi connectivity index (χ2n) is 8.65. The molecular formula is C24H25N5O4S. The van der Waals surface area contributed by atoms with E-state index in [0.29, 0.717) is 22.6 Å². The van der Waals surface area contributed by atoms with E-state index >= 15 is 0 Å². The lowest BCUT2D eigenvalue weighted by Crippen LogP contribution is -2.48. The van der Waals surface area contributed by atoms with Crippen LogP contribution in [0.3, 0.4) is 0 Å². The zero-order chi connectivity index (χ0) is 24.5. The molecule has 0 saturated carbocycles. The summed E-state index contributed by atoms with van der Waals surface area (Å²) in [4.78, 5) is 17.3. The average molecular weight is 480 g/mol. The predicted octanol–water partition coefficient (Wildman–Crippen LogP) is 3.02. The van der Waals surface area contributed by atoms with Gasteiger partial charge in [-0.2, -0.15) is 8.42 Å². The van der Waals surface area contributed by atoms with Crippen molar-refractivity contribution in [1.29, 1.82) is 0 Å². The minimum absolute atomic E-state index is 0.102. The standard InChI is InChI=1S/C24H25N5O4S/c1-15-7-9-16(10-8-15)19-13-17(11-12-26-19)23(30)27-24(2,3)14-33-20-6-4-5-18-21(20)22(25)29-34(31,32)28-18/h4-13,28H,14H2,1-3H3,(H2,25,29)(H,27,30). The molecule has 34 heavy (non-hydrogen) atoms. The summed E-state index contributed by atoms with van der Waals surface area (Å²) in [5, 5.41) is 2.97. The molecule has 0 bridgehead atoms. The van der Waals surface area contributed by atoms with Crippen molar-refractivity contribution < 1.29 is 17.9 Å². The van der Waals surface area contributed by atoms with Crippen LogP contribution < -0.4 is 20.5 Å². The van der Waals surface area contributed by atoms with E-state index in [1.807, 2.05) is 45.0 Å². The van der Waals surface area contributed by atoms with Crippen molar-refractivity contribution in [2.45, 2.75) is 26.3 Å². The minimum Gasteiger partial charge on any atom is -0.490 e. The largest absolute Gasteiger partial charge is 0.490 e. The second kappa shape index (κ2) is 8.79. The van der Waals surface area contributed by atoms with Gasteiger partial charge in [-0.3, -0.25) is 14.5 Å². The van der Waals surface area contributed by atoms with Gasteiger partial charge in [-0.05, 0) is 45.0 Å². The van der Waals surface area contributed by atoms with Crippen molar-refractivity contribution in [3.63, 3.8) is 0 Å². The number of benzene rings is 2. The van der Waals surface area contributed by atoms with Crippen LogP contribution in [0.15, 0.2) is 65.2 Å². The first kappa shape index (κ1) is 23.2. The Morgan fingerprint density at radius 3 is 2.62 bits per heavy atom. The first-order valence-corrected chi connectivity index (χ1v) is 12.0. The van der Waals surface area contributed by atoms with Crippen molar-refractivity contribution in [2.75, 3.05) is 11.3 Å². The van der Waals surface area contributed by atoms with Gasteiger partial charge in [0.1, 0.15) is 12.4 Å². The average Bonchev–Trinajstić information content (AvgIpc) is 2.77. The van der Waals surface area contributed by atoms with Crippen LogP contribution in [0.4, 0.5) is 5.69 Å². The topological polar surface area (TPSA) is 136 Å². The first-order chi connectivity index (χ1) is 16.0. The number of rotatable bonds is 6. The fraction of sp³-hybridized carbons (Fsp3) is 0.208. The third-order valence-electron chi connectivity index (χ3n) is 5.15. The summed E-state index contributed by atoms with van der Waals surface area (Å²) in [5.74, 6) is -0.0751. The fourth-order valence-electron chi connectivity index (χ4n) is 3.47. The van der Waals surface area contributed by atoms with Crippen LogP contribution >= 0.6 is 0 Å². The van der Waals surface area contributed by atoms with Gasteiger partial charge in [0.25, 0.3) is 5.91 Å². The third-order valence-corrected chi connectivity index (χ3v) is 6.06.